The summed E-state index contributed by atoms with van der Waals surface area (Å²) in [7, 11) is 0. The highest BCUT2D eigenvalue weighted by Crippen LogP contribution is 2.35. The fourth-order valence-corrected chi connectivity index (χ4v) is 3.71. The Morgan fingerprint density at radius 2 is 1.83 bits per heavy atom. The maximum Gasteiger partial charge on any atom is 0.155 e. The van der Waals surface area contributed by atoms with Gasteiger partial charge in [-0.15, -0.1) is 0 Å². The first-order valence-electron chi connectivity index (χ1n) is 9.52. The zero-order chi connectivity index (χ0) is 17.8. The summed E-state index contributed by atoms with van der Waals surface area (Å²) in [5, 5.41) is 3.74. The first-order valence-corrected chi connectivity index (χ1v) is 9.52. The quantitative estimate of drug-likeness (QED) is 0.578. The van der Waals surface area contributed by atoms with Crippen molar-refractivity contribution in [3.8, 4) is 0 Å². The summed E-state index contributed by atoms with van der Waals surface area (Å²) in [6.45, 7) is 17.5. The molecule has 0 amide bonds. The van der Waals surface area contributed by atoms with E-state index in [0.717, 1.165) is 19.3 Å². The molecule has 2 nitrogen and oxygen atoms in total. The predicted octanol–water partition coefficient (Wildman–Crippen LogP) is 5.38. The van der Waals surface area contributed by atoms with Crippen molar-refractivity contribution in [1.82, 2.24) is 5.32 Å². The second kappa shape index (κ2) is 7.96. The van der Waals surface area contributed by atoms with Gasteiger partial charge in [0.1, 0.15) is 0 Å². The van der Waals surface area contributed by atoms with Crippen LogP contribution in [-0.2, 0) is 4.79 Å². The highest BCUT2D eigenvalue weighted by molar-refractivity contribution is 5.89. The summed E-state index contributed by atoms with van der Waals surface area (Å²) < 4.78 is 0. The average Bonchev–Trinajstić information content (AvgIpc) is 2.99. The Morgan fingerprint density at radius 1 is 1.22 bits per heavy atom. The van der Waals surface area contributed by atoms with Crippen LogP contribution in [0.3, 0.4) is 0 Å². The fourth-order valence-electron chi connectivity index (χ4n) is 3.71. The minimum absolute atomic E-state index is 0.0400. The smallest absolute Gasteiger partial charge is 0.155 e. The van der Waals surface area contributed by atoms with Gasteiger partial charge in [0, 0.05) is 11.0 Å². The molecule has 134 valence electrons. The third-order valence-corrected chi connectivity index (χ3v) is 6.01. The number of Topliss-reactive ketones (excluding diaryl/α,β-unsaturated/α-hetero) is 1. The number of hydrogen-bond acceptors (Lipinski definition) is 2. The Balaban J connectivity index is 2.93. The normalized spacial score (nSPS) is 21.7. The van der Waals surface area contributed by atoms with Crippen LogP contribution in [0.25, 0.3) is 0 Å². The minimum atomic E-state index is -0.278. The highest BCUT2D eigenvalue weighted by atomic mass is 16.1. The predicted molar refractivity (Wildman–Crippen MR) is 101 cm³/mol. The van der Waals surface area contributed by atoms with E-state index < -0.39 is 0 Å². The second-order valence-electron chi connectivity index (χ2n) is 8.98. The number of carbonyl (C=O) groups excluding carboxylic acids is 1. The summed E-state index contributed by atoms with van der Waals surface area (Å²) in [5.41, 5.74) is -0.318. The molecule has 0 aliphatic heterocycles. The number of hydrogen-bond donors (Lipinski definition) is 1. The van der Waals surface area contributed by atoms with Crippen LogP contribution in [0.2, 0.25) is 0 Å². The molecule has 23 heavy (non-hydrogen) atoms. The molecule has 1 rings (SSSR count). The van der Waals surface area contributed by atoms with E-state index >= 15 is 0 Å². The van der Waals surface area contributed by atoms with Gasteiger partial charge in [0.05, 0.1) is 6.04 Å². The first-order chi connectivity index (χ1) is 10.5. The molecule has 1 N–H and O–H groups in total. The molecule has 0 saturated heterocycles. The molecule has 0 aromatic heterocycles. The van der Waals surface area contributed by atoms with E-state index in [9.17, 15) is 4.79 Å². The lowest BCUT2D eigenvalue weighted by Gasteiger charge is -2.41. The molecule has 0 heterocycles. The Morgan fingerprint density at radius 3 is 2.26 bits per heavy atom. The van der Waals surface area contributed by atoms with Gasteiger partial charge in [0.2, 0.25) is 0 Å². The van der Waals surface area contributed by atoms with Gasteiger partial charge < -0.3 is 5.32 Å². The van der Waals surface area contributed by atoms with E-state index in [-0.39, 0.29) is 17.0 Å². The van der Waals surface area contributed by atoms with Crippen molar-refractivity contribution < 1.29 is 4.79 Å². The van der Waals surface area contributed by atoms with E-state index in [1.807, 2.05) is 0 Å². The van der Waals surface area contributed by atoms with Crippen LogP contribution in [-0.4, -0.2) is 17.4 Å². The monoisotopic (exact) mass is 321 g/mol. The molecule has 0 bridgehead atoms. The van der Waals surface area contributed by atoms with Crippen LogP contribution in [0.5, 0.6) is 0 Å². The molecule has 3 unspecified atom stereocenters. The number of carbonyl (C=O) groups is 1. The lowest BCUT2D eigenvalue weighted by Crippen LogP contribution is -2.58. The third kappa shape index (κ3) is 4.92. The van der Waals surface area contributed by atoms with Crippen molar-refractivity contribution in [2.24, 2.45) is 23.2 Å². The first kappa shape index (κ1) is 20.4. The maximum atomic E-state index is 13.3. The highest BCUT2D eigenvalue weighted by Gasteiger charge is 2.41. The molecule has 2 heteroatoms. The molecular weight excluding hydrogens is 282 g/mol. The van der Waals surface area contributed by atoms with Crippen LogP contribution in [0, 0.1) is 23.2 Å². The second-order valence-corrected chi connectivity index (χ2v) is 8.98. The number of ketones is 1. The molecule has 0 fully saturated rings. The molecule has 3 atom stereocenters. The molecular formula is C21H39NO. The summed E-state index contributed by atoms with van der Waals surface area (Å²) in [6.07, 6.45) is 9.19. The van der Waals surface area contributed by atoms with Crippen molar-refractivity contribution in [3.05, 3.63) is 12.2 Å². The maximum absolute atomic E-state index is 13.3. The van der Waals surface area contributed by atoms with Crippen LogP contribution in [0.4, 0.5) is 0 Å². The number of rotatable bonds is 9. The van der Waals surface area contributed by atoms with Gasteiger partial charge in [-0.1, -0.05) is 66.5 Å². The fraction of sp³-hybridized carbons (Fsp3) is 0.857. The Kier molecular flexibility index (Phi) is 7.07. The topological polar surface area (TPSA) is 29.1 Å². The molecule has 0 spiro atoms. The van der Waals surface area contributed by atoms with Gasteiger partial charge in [-0.05, 0) is 44.4 Å². The van der Waals surface area contributed by atoms with E-state index in [2.05, 4.69) is 72.9 Å². The number of nitrogens with one attached hydrogen (secondary N) is 1. The van der Waals surface area contributed by atoms with Gasteiger partial charge >= 0.3 is 0 Å². The van der Waals surface area contributed by atoms with Crippen molar-refractivity contribution in [3.63, 3.8) is 0 Å². The van der Waals surface area contributed by atoms with E-state index in [1.54, 1.807) is 0 Å². The zero-order valence-electron chi connectivity index (χ0n) is 16.7. The Bertz CT molecular complexity index is 420. The van der Waals surface area contributed by atoms with Crippen molar-refractivity contribution in [2.75, 3.05) is 0 Å². The van der Waals surface area contributed by atoms with Gasteiger partial charge in [0.25, 0.3) is 0 Å². The largest absolute Gasteiger partial charge is 0.302 e. The number of allylic oxidation sites excluding steroid dienone is 1. The zero-order valence-corrected chi connectivity index (χ0v) is 16.7. The lowest BCUT2D eigenvalue weighted by molar-refractivity contribution is -0.133. The standard InChI is InChI=1S/C21H39NO/c1-9-12-16(4)20(5,6)19(23)18(15(2)3)22-21(7,8)17-13-10-11-14-17/h10,13,15-18,22H,9,11-12,14H2,1-8H3. The summed E-state index contributed by atoms with van der Waals surface area (Å²) in [4.78, 5) is 13.3. The summed E-state index contributed by atoms with van der Waals surface area (Å²) in [5.74, 6) is 1.62. The SMILES string of the molecule is CCCC(C)C(C)(C)C(=O)C(NC(C)(C)C1C=CCC1)C(C)C. The van der Waals surface area contributed by atoms with Crippen LogP contribution in [0.1, 0.15) is 81.1 Å². The lowest BCUT2D eigenvalue weighted by atomic mass is 9.70. The van der Waals surface area contributed by atoms with Crippen LogP contribution in [0.15, 0.2) is 12.2 Å². The molecule has 0 saturated carbocycles. The van der Waals surface area contributed by atoms with E-state index in [0.29, 0.717) is 23.5 Å². The van der Waals surface area contributed by atoms with E-state index in [1.165, 1.54) is 6.42 Å². The summed E-state index contributed by atoms with van der Waals surface area (Å²) >= 11 is 0. The van der Waals surface area contributed by atoms with Gasteiger partial charge in [-0.2, -0.15) is 0 Å². The molecule has 1 aliphatic carbocycles. The molecule has 0 aromatic carbocycles. The van der Waals surface area contributed by atoms with Crippen molar-refractivity contribution in [2.45, 2.75) is 92.7 Å². The third-order valence-electron chi connectivity index (χ3n) is 6.01. The van der Waals surface area contributed by atoms with Crippen LogP contribution < -0.4 is 5.32 Å². The van der Waals surface area contributed by atoms with Gasteiger partial charge in [-0.25, -0.2) is 0 Å². The van der Waals surface area contributed by atoms with E-state index in [4.69, 9.17) is 0 Å². The van der Waals surface area contributed by atoms with Crippen molar-refractivity contribution in [1.29, 1.82) is 0 Å². The van der Waals surface area contributed by atoms with Crippen molar-refractivity contribution >= 4 is 5.78 Å². The Labute approximate surface area is 144 Å². The van der Waals surface area contributed by atoms with Gasteiger partial charge in [0.15, 0.2) is 5.78 Å². The van der Waals surface area contributed by atoms with Gasteiger partial charge in [-0.3, -0.25) is 4.79 Å². The van der Waals surface area contributed by atoms with Crippen LogP contribution >= 0.6 is 0 Å². The summed E-state index contributed by atoms with van der Waals surface area (Å²) in [6, 6.07) is -0.0756. The molecule has 0 aromatic rings. The molecule has 1 aliphatic rings. The minimum Gasteiger partial charge on any atom is -0.302 e. The Hall–Kier alpha value is -0.630. The molecule has 0 radical (unpaired) electrons. The average molecular weight is 322 g/mol.